The average molecular weight is 318 g/mol. The number of likely N-dealkylation sites (tertiary alicyclic amines) is 1. The maximum absolute atomic E-state index is 12.2. The van der Waals surface area contributed by atoms with Crippen molar-refractivity contribution >= 4 is 22.8 Å². The number of amides is 1. The SMILES string of the molecule is [2H]c1nc(N([C@H]2CN(C(=O)CC#N)CC[C@@]2([2H])C)C([2H])([2H])[2H])c2c([2H])c[nH]c2n1. The molecule has 1 aliphatic heterocycles. The van der Waals surface area contributed by atoms with E-state index in [2.05, 4.69) is 15.0 Å². The van der Waals surface area contributed by atoms with Gasteiger partial charge in [0.25, 0.3) is 0 Å². The normalized spacial score (nSPS) is 28.7. The second-order valence-electron chi connectivity index (χ2n) is 5.46. The van der Waals surface area contributed by atoms with Gasteiger partial charge in [0.2, 0.25) is 5.91 Å². The van der Waals surface area contributed by atoms with Crippen molar-refractivity contribution < 1.29 is 13.0 Å². The van der Waals surface area contributed by atoms with Crippen LogP contribution in [0, 0.1) is 17.2 Å². The predicted octanol–water partition coefficient (Wildman–Crippen LogP) is 1.54. The largest absolute Gasteiger partial charge is 0.354 e. The standard InChI is InChI=1S/C16H20N6O/c1-11-5-8-22(14(23)3-6-17)9-13(11)21(2)16-12-4-7-18-15(12)19-10-20-16/h4,7,10-11,13H,3,5,8-9H2,1-2H3,(H,18,19,20)/t11-,13+/m1/s1/i2D3,4D,10D,11D. The summed E-state index contributed by atoms with van der Waals surface area (Å²) in [7, 11) is 0. The number of rotatable bonds is 3. The molecule has 1 saturated heterocycles. The zero-order chi connectivity index (χ0) is 21.6. The molecule has 0 radical (unpaired) electrons. The van der Waals surface area contributed by atoms with Crippen molar-refractivity contribution in [1.29, 1.82) is 5.26 Å². The van der Waals surface area contributed by atoms with Crippen molar-refractivity contribution in [2.45, 2.75) is 25.8 Å². The van der Waals surface area contributed by atoms with Gasteiger partial charge in [-0.3, -0.25) is 4.79 Å². The summed E-state index contributed by atoms with van der Waals surface area (Å²) in [6, 6.07) is 0.751. The van der Waals surface area contributed by atoms with E-state index in [-0.39, 0.29) is 48.8 Å². The molecule has 0 unspecified atom stereocenters. The van der Waals surface area contributed by atoms with Crippen LogP contribution in [0.15, 0.2) is 18.5 Å². The number of carbonyl (C=O) groups is 1. The van der Waals surface area contributed by atoms with Crippen LogP contribution in [0.3, 0.4) is 0 Å². The minimum Gasteiger partial charge on any atom is -0.354 e. The van der Waals surface area contributed by atoms with E-state index in [0.717, 1.165) is 4.90 Å². The van der Waals surface area contributed by atoms with E-state index >= 15 is 0 Å². The first kappa shape index (κ1) is 9.50. The number of aromatic amines is 1. The lowest BCUT2D eigenvalue weighted by molar-refractivity contribution is -0.131. The van der Waals surface area contributed by atoms with Crippen LogP contribution in [0.1, 0.15) is 28.0 Å². The molecule has 0 saturated carbocycles. The van der Waals surface area contributed by atoms with Gasteiger partial charge in [0.05, 0.1) is 18.9 Å². The molecular formula is C16H20N6O. The number of nitrogens with zero attached hydrogens (tertiary/aromatic N) is 5. The first-order valence-electron chi connectivity index (χ1n) is 10.2. The van der Waals surface area contributed by atoms with Crippen molar-refractivity contribution in [2.24, 2.45) is 5.89 Å². The van der Waals surface area contributed by atoms with E-state index < -0.39 is 31.1 Å². The lowest BCUT2D eigenvalue weighted by Gasteiger charge is -2.42. The van der Waals surface area contributed by atoms with Crippen molar-refractivity contribution in [2.75, 3.05) is 25.0 Å². The zero-order valence-corrected chi connectivity index (χ0v) is 12.6. The fourth-order valence-electron chi connectivity index (χ4n) is 2.72. The smallest absolute Gasteiger partial charge is 0.236 e. The first-order valence-corrected chi connectivity index (χ1v) is 7.22. The molecule has 0 aromatic carbocycles. The van der Waals surface area contributed by atoms with E-state index in [9.17, 15) is 4.79 Å². The topological polar surface area (TPSA) is 88.9 Å². The Balaban J connectivity index is 2.15. The first-order chi connectivity index (χ1) is 13.5. The summed E-state index contributed by atoms with van der Waals surface area (Å²) >= 11 is 0. The van der Waals surface area contributed by atoms with Gasteiger partial charge in [-0.25, -0.2) is 9.97 Å². The Bertz CT molecular complexity index is 981. The second-order valence-corrected chi connectivity index (χ2v) is 5.46. The number of fused-ring (bicyclic) bond motifs is 1. The molecule has 0 bridgehead atoms. The van der Waals surface area contributed by atoms with Crippen LogP contribution in [0.2, 0.25) is 0 Å². The van der Waals surface area contributed by atoms with Gasteiger partial charge < -0.3 is 14.8 Å². The molecule has 0 aliphatic carbocycles. The lowest BCUT2D eigenvalue weighted by Crippen LogP contribution is -2.52. The van der Waals surface area contributed by atoms with E-state index in [1.165, 1.54) is 11.1 Å². The fraction of sp³-hybridized carbons (Fsp3) is 0.500. The van der Waals surface area contributed by atoms with Gasteiger partial charge in [0, 0.05) is 31.7 Å². The molecule has 1 fully saturated rings. The van der Waals surface area contributed by atoms with Crippen LogP contribution in [-0.2, 0) is 4.79 Å². The van der Waals surface area contributed by atoms with Crippen LogP contribution in [0.5, 0.6) is 0 Å². The highest BCUT2D eigenvalue weighted by Gasteiger charge is 2.32. The third kappa shape index (κ3) is 2.84. The number of nitriles is 1. The third-order valence-corrected chi connectivity index (χ3v) is 4.06. The molecule has 2 aromatic heterocycles. The molecule has 2 aromatic rings. The molecule has 3 rings (SSSR count). The minimum absolute atomic E-state index is 0.0378. The van der Waals surface area contributed by atoms with Crippen LogP contribution >= 0.6 is 0 Å². The number of anilines is 1. The van der Waals surface area contributed by atoms with Gasteiger partial charge >= 0.3 is 0 Å². The number of carbonyl (C=O) groups excluding carboxylic acids is 1. The van der Waals surface area contributed by atoms with E-state index in [1.54, 1.807) is 13.0 Å². The molecule has 0 spiro atoms. The van der Waals surface area contributed by atoms with Crippen molar-refractivity contribution in [3.63, 3.8) is 0 Å². The van der Waals surface area contributed by atoms with Crippen LogP contribution in [-0.4, -0.2) is 51.9 Å². The van der Waals surface area contributed by atoms with Crippen LogP contribution < -0.4 is 4.90 Å². The highest BCUT2D eigenvalue weighted by molar-refractivity contribution is 5.87. The highest BCUT2D eigenvalue weighted by atomic mass is 16.2. The maximum atomic E-state index is 12.2. The molecule has 1 amide bonds. The third-order valence-electron chi connectivity index (χ3n) is 4.06. The van der Waals surface area contributed by atoms with Crippen molar-refractivity contribution in [3.8, 4) is 6.07 Å². The van der Waals surface area contributed by atoms with Gasteiger partial charge in [-0.05, 0) is 18.4 Å². The number of piperidine rings is 1. The fourth-order valence-corrected chi connectivity index (χ4v) is 2.72. The predicted molar refractivity (Wildman–Crippen MR) is 86.7 cm³/mol. The molecule has 1 aliphatic rings. The quantitative estimate of drug-likeness (QED) is 0.927. The molecule has 2 atom stereocenters. The Hall–Kier alpha value is -2.62. The van der Waals surface area contributed by atoms with Crippen molar-refractivity contribution in [1.82, 2.24) is 19.9 Å². The van der Waals surface area contributed by atoms with Crippen LogP contribution in [0.4, 0.5) is 5.82 Å². The van der Waals surface area contributed by atoms with Gasteiger partial charge in [-0.2, -0.15) is 5.26 Å². The van der Waals surface area contributed by atoms with Gasteiger partial charge in [-0.15, -0.1) is 0 Å². The van der Waals surface area contributed by atoms with E-state index in [0.29, 0.717) is 0 Å². The summed E-state index contributed by atoms with van der Waals surface area (Å²) < 4.78 is 48.9. The minimum atomic E-state index is -2.76. The molecule has 1 N–H and O–H groups in total. The Labute approximate surface area is 143 Å². The Morgan fingerprint density at radius 2 is 2.61 bits per heavy atom. The Kier molecular flexibility index (Phi) is 2.58. The molecule has 7 heteroatoms. The van der Waals surface area contributed by atoms with Gasteiger partial charge in [0.1, 0.15) is 25.6 Å². The second kappa shape index (κ2) is 6.24. The molecule has 120 valence electrons. The number of aromatic nitrogens is 3. The van der Waals surface area contributed by atoms with Gasteiger partial charge in [0.15, 0.2) is 0 Å². The summed E-state index contributed by atoms with van der Waals surface area (Å²) in [6.07, 6.45) is 0.759. The summed E-state index contributed by atoms with van der Waals surface area (Å²) in [6.45, 7) is -1.02. The number of hydrogen-bond acceptors (Lipinski definition) is 5. The molecular weight excluding hydrogens is 292 g/mol. The number of H-pyrrole nitrogens is 1. The number of hydrogen-bond donors (Lipinski definition) is 1. The zero-order valence-electron chi connectivity index (χ0n) is 18.6. The lowest BCUT2D eigenvalue weighted by atomic mass is 9.92. The van der Waals surface area contributed by atoms with E-state index in [1.807, 2.05) is 0 Å². The average Bonchev–Trinajstić information content (AvgIpc) is 2.96. The number of likely N-dealkylation sites (N-methyl/N-ethyl adjacent to an activating group) is 1. The Morgan fingerprint density at radius 3 is 3.39 bits per heavy atom. The highest BCUT2D eigenvalue weighted by Crippen LogP contribution is 2.28. The molecule has 23 heavy (non-hydrogen) atoms. The molecule has 3 heterocycles. The van der Waals surface area contributed by atoms with E-state index in [4.69, 9.17) is 13.5 Å². The summed E-state index contributed by atoms with van der Waals surface area (Å²) in [5.74, 6) is -1.84. The summed E-state index contributed by atoms with van der Waals surface area (Å²) in [4.78, 5) is 25.2. The maximum Gasteiger partial charge on any atom is 0.236 e. The number of nitrogens with one attached hydrogen (secondary N) is 1. The van der Waals surface area contributed by atoms with Crippen molar-refractivity contribution in [3.05, 3.63) is 18.5 Å². The molecule has 7 nitrogen and oxygen atoms in total. The summed E-state index contributed by atoms with van der Waals surface area (Å²) in [5, 5.41) is 8.94. The Morgan fingerprint density at radius 1 is 1.74 bits per heavy atom. The monoisotopic (exact) mass is 318 g/mol. The van der Waals surface area contributed by atoms with Crippen LogP contribution in [0.25, 0.3) is 11.0 Å². The van der Waals surface area contributed by atoms with Gasteiger partial charge in [-0.1, -0.05) is 6.92 Å². The summed E-state index contributed by atoms with van der Waals surface area (Å²) in [5.41, 5.74) is 0.152.